The summed E-state index contributed by atoms with van der Waals surface area (Å²) in [6, 6.07) is 9.62. The van der Waals surface area contributed by atoms with Gasteiger partial charge in [0, 0.05) is 11.3 Å². The van der Waals surface area contributed by atoms with Gasteiger partial charge in [0.1, 0.15) is 0 Å². The van der Waals surface area contributed by atoms with Gasteiger partial charge in [-0.3, -0.25) is 9.59 Å². The number of Topliss-reactive ketones (excluding diaryl/α,β-unsaturated/α-hetero) is 1. The highest BCUT2D eigenvalue weighted by molar-refractivity contribution is 5.98. The van der Waals surface area contributed by atoms with E-state index in [0.29, 0.717) is 11.3 Å². The highest BCUT2D eigenvalue weighted by Crippen LogP contribution is 2.29. The second kappa shape index (κ2) is 8.03. The lowest BCUT2D eigenvalue weighted by atomic mass is 10.1. The largest absolute Gasteiger partial charge is 0.449 e. The van der Waals surface area contributed by atoms with Crippen LogP contribution in [0.3, 0.4) is 0 Å². The first-order chi connectivity index (χ1) is 12.6. The molecule has 142 valence electrons. The number of carbonyl (C=O) groups excluding carboxylic acids is 3. The van der Waals surface area contributed by atoms with Crippen molar-refractivity contribution in [3.05, 3.63) is 65.2 Å². The summed E-state index contributed by atoms with van der Waals surface area (Å²) in [6.45, 7) is 2.75. The van der Waals surface area contributed by atoms with Crippen LogP contribution in [0.25, 0.3) is 0 Å². The standard InChI is InChI=1S/C19H16F3NO4/c1-11(24)13-5-9-16(10-6-13)23-17(25)12(2)27-18(26)14-3-7-15(8-4-14)19(20,21)22/h3-10,12H,1-2H3,(H,23,25). The Kier molecular flexibility index (Phi) is 5.99. The monoisotopic (exact) mass is 379 g/mol. The molecule has 1 amide bonds. The van der Waals surface area contributed by atoms with E-state index in [4.69, 9.17) is 4.74 Å². The Labute approximate surface area is 153 Å². The normalized spacial score (nSPS) is 12.2. The van der Waals surface area contributed by atoms with Crippen LogP contribution in [0.5, 0.6) is 0 Å². The number of alkyl halides is 3. The highest BCUT2D eigenvalue weighted by Gasteiger charge is 2.30. The van der Waals surface area contributed by atoms with Crippen LogP contribution < -0.4 is 5.32 Å². The van der Waals surface area contributed by atoms with Gasteiger partial charge in [-0.05, 0) is 62.4 Å². The van der Waals surface area contributed by atoms with E-state index < -0.39 is 29.7 Å². The fourth-order valence-corrected chi connectivity index (χ4v) is 2.11. The van der Waals surface area contributed by atoms with Crippen molar-refractivity contribution in [2.45, 2.75) is 26.1 Å². The van der Waals surface area contributed by atoms with E-state index in [1.54, 1.807) is 0 Å². The number of ether oxygens (including phenoxy) is 1. The summed E-state index contributed by atoms with van der Waals surface area (Å²) < 4.78 is 42.5. The van der Waals surface area contributed by atoms with Gasteiger partial charge in [-0.25, -0.2) is 4.79 Å². The summed E-state index contributed by atoms with van der Waals surface area (Å²) in [5, 5.41) is 2.52. The van der Waals surface area contributed by atoms with Gasteiger partial charge >= 0.3 is 12.1 Å². The Bertz CT molecular complexity index is 843. The molecule has 0 radical (unpaired) electrons. The zero-order valence-corrected chi connectivity index (χ0v) is 14.5. The molecule has 5 nitrogen and oxygen atoms in total. The molecule has 0 aliphatic carbocycles. The van der Waals surface area contributed by atoms with Crippen LogP contribution in [0.1, 0.15) is 40.1 Å². The molecule has 8 heteroatoms. The maximum atomic E-state index is 12.5. The van der Waals surface area contributed by atoms with Crippen molar-refractivity contribution in [2.75, 3.05) is 5.32 Å². The predicted molar refractivity (Wildman–Crippen MR) is 91.4 cm³/mol. The lowest BCUT2D eigenvalue weighted by Gasteiger charge is -2.14. The van der Waals surface area contributed by atoms with E-state index in [-0.39, 0.29) is 11.3 Å². The second-order valence-corrected chi connectivity index (χ2v) is 5.75. The average molecular weight is 379 g/mol. The van der Waals surface area contributed by atoms with Crippen LogP contribution in [-0.4, -0.2) is 23.8 Å². The molecule has 0 fully saturated rings. The summed E-state index contributed by atoms with van der Waals surface area (Å²) in [6.07, 6.45) is -5.68. The van der Waals surface area contributed by atoms with Gasteiger partial charge in [-0.15, -0.1) is 0 Å². The van der Waals surface area contributed by atoms with Crippen molar-refractivity contribution in [2.24, 2.45) is 0 Å². The highest BCUT2D eigenvalue weighted by atomic mass is 19.4. The first-order valence-electron chi connectivity index (χ1n) is 7.88. The molecule has 2 aromatic carbocycles. The van der Waals surface area contributed by atoms with E-state index in [1.807, 2.05) is 0 Å². The summed E-state index contributed by atoms with van der Waals surface area (Å²) in [7, 11) is 0. The molecule has 0 bridgehead atoms. The molecule has 1 unspecified atom stereocenters. The van der Waals surface area contributed by atoms with Gasteiger partial charge < -0.3 is 10.1 Å². The number of esters is 1. The molecule has 1 N–H and O–H groups in total. The number of halogens is 3. The van der Waals surface area contributed by atoms with Crippen molar-refractivity contribution in [1.29, 1.82) is 0 Å². The van der Waals surface area contributed by atoms with Crippen molar-refractivity contribution >= 4 is 23.3 Å². The topological polar surface area (TPSA) is 72.5 Å². The molecule has 0 aromatic heterocycles. The van der Waals surface area contributed by atoms with E-state index in [1.165, 1.54) is 38.1 Å². The molecule has 2 rings (SSSR count). The van der Waals surface area contributed by atoms with Gasteiger partial charge in [0.2, 0.25) is 0 Å². The maximum absolute atomic E-state index is 12.5. The van der Waals surface area contributed by atoms with Crippen LogP contribution in [0.15, 0.2) is 48.5 Å². The van der Waals surface area contributed by atoms with E-state index >= 15 is 0 Å². The fourth-order valence-electron chi connectivity index (χ4n) is 2.11. The smallest absolute Gasteiger partial charge is 0.416 e. The van der Waals surface area contributed by atoms with Gasteiger partial charge in [0.15, 0.2) is 11.9 Å². The first-order valence-corrected chi connectivity index (χ1v) is 7.88. The van der Waals surface area contributed by atoms with E-state index in [2.05, 4.69) is 5.32 Å². The Morgan fingerprint density at radius 3 is 1.93 bits per heavy atom. The number of amides is 1. The number of benzene rings is 2. The van der Waals surface area contributed by atoms with Crippen molar-refractivity contribution in [3.8, 4) is 0 Å². The summed E-state index contributed by atoms with van der Waals surface area (Å²) >= 11 is 0. The number of nitrogens with one attached hydrogen (secondary N) is 1. The van der Waals surface area contributed by atoms with E-state index in [9.17, 15) is 27.6 Å². The van der Waals surface area contributed by atoms with E-state index in [0.717, 1.165) is 24.3 Å². The molecule has 2 aromatic rings. The number of rotatable bonds is 5. The Morgan fingerprint density at radius 1 is 0.926 bits per heavy atom. The number of hydrogen-bond donors (Lipinski definition) is 1. The third kappa shape index (κ3) is 5.40. The molecule has 0 aliphatic heterocycles. The summed E-state index contributed by atoms with van der Waals surface area (Å²) in [4.78, 5) is 35.3. The van der Waals surface area contributed by atoms with Crippen molar-refractivity contribution in [3.63, 3.8) is 0 Å². The quantitative estimate of drug-likeness (QED) is 0.627. The molecule has 0 heterocycles. The van der Waals surface area contributed by atoms with Crippen molar-refractivity contribution < 1.29 is 32.3 Å². The third-order valence-electron chi connectivity index (χ3n) is 3.66. The van der Waals surface area contributed by atoms with Gasteiger partial charge in [-0.2, -0.15) is 13.2 Å². The molecular formula is C19H16F3NO4. The molecule has 0 aliphatic rings. The minimum atomic E-state index is -4.51. The van der Waals surface area contributed by atoms with Gasteiger partial charge in [0.25, 0.3) is 5.91 Å². The summed E-state index contributed by atoms with van der Waals surface area (Å²) in [5.74, 6) is -1.66. The number of carbonyl (C=O) groups is 3. The van der Waals surface area contributed by atoms with Crippen LogP contribution in [0.4, 0.5) is 18.9 Å². The zero-order valence-electron chi connectivity index (χ0n) is 14.5. The molecular weight excluding hydrogens is 363 g/mol. The molecule has 0 saturated heterocycles. The van der Waals surface area contributed by atoms with Crippen molar-refractivity contribution in [1.82, 2.24) is 0 Å². The molecule has 1 atom stereocenters. The first kappa shape index (κ1) is 20.2. The lowest BCUT2D eigenvalue weighted by molar-refractivity contribution is -0.137. The third-order valence-corrected chi connectivity index (χ3v) is 3.66. The lowest BCUT2D eigenvalue weighted by Crippen LogP contribution is -2.30. The Morgan fingerprint density at radius 2 is 1.44 bits per heavy atom. The van der Waals surface area contributed by atoms with Crippen LogP contribution >= 0.6 is 0 Å². The molecule has 0 saturated carbocycles. The van der Waals surface area contributed by atoms with Gasteiger partial charge in [0.05, 0.1) is 11.1 Å². The minimum Gasteiger partial charge on any atom is -0.449 e. The molecule has 0 spiro atoms. The Hall–Kier alpha value is -3.16. The number of ketones is 1. The zero-order chi connectivity index (χ0) is 20.2. The summed E-state index contributed by atoms with van der Waals surface area (Å²) in [5.41, 5.74) is -0.107. The predicted octanol–water partition coefficient (Wildman–Crippen LogP) is 4.09. The maximum Gasteiger partial charge on any atom is 0.416 e. The second-order valence-electron chi connectivity index (χ2n) is 5.75. The number of hydrogen-bond acceptors (Lipinski definition) is 4. The van der Waals surface area contributed by atoms with Crippen LogP contribution in [0, 0.1) is 0 Å². The van der Waals surface area contributed by atoms with Crippen LogP contribution in [-0.2, 0) is 15.7 Å². The fraction of sp³-hybridized carbons (Fsp3) is 0.211. The molecule has 27 heavy (non-hydrogen) atoms. The minimum absolute atomic E-state index is 0.103. The van der Waals surface area contributed by atoms with Gasteiger partial charge in [-0.1, -0.05) is 0 Å². The number of anilines is 1. The SMILES string of the molecule is CC(=O)c1ccc(NC(=O)C(C)OC(=O)c2ccc(C(F)(F)F)cc2)cc1. The Balaban J connectivity index is 1.97. The average Bonchev–Trinajstić information content (AvgIpc) is 2.61. The van der Waals surface area contributed by atoms with Crippen LogP contribution in [0.2, 0.25) is 0 Å².